The molecule has 2 N–H and O–H groups in total. The molecule has 0 saturated carbocycles. The molecule has 0 aliphatic heterocycles. The molecule has 18 heavy (non-hydrogen) atoms. The summed E-state index contributed by atoms with van der Waals surface area (Å²) in [5.74, 6) is -1.11. The third-order valence-electron chi connectivity index (χ3n) is 2.54. The largest absolute Gasteiger partial charge is 0.465 e. The number of hydrogen-bond donors (Lipinski definition) is 1. The van der Waals surface area contributed by atoms with Crippen LogP contribution in [-0.4, -0.2) is 18.2 Å². The summed E-state index contributed by atoms with van der Waals surface area (Å²) in [6.07, 6.45) is 0. The first-order chi connectivity index (χ1) is 8.54. The molecule has 0 bridgehead atoms. The second kappa shape index (κ2) is 4.48. The van der Waals surface area contributed by atoms with Crippen molar-refractivity contribution in [1.29, 1.82) is 0 Å². The van der Waals surface area contributed by atoms with Crippen molar-refractivity contribution in [3.63, 3.8) is 0 Å². The average Bonchev–Trinajstić information content (AvgIpc) is 2.74. The van der Waals surface area contributed by atoms with Crippen molar-refractivity contribution in [2.24, 2.45) is 0 Å². The van der Waals surface area contributed by atoms with Crippen molar-refractivity contribution in [2.45, 2.75) is 6.92 Å². The maximum atomic E-state index is 13.2. The van der Waals surface area contributed by atoms with Crippen LogP contribution >= 0.6 is 0 Å². The van der Waals surface area contributed by atoms with Crippen LogP contribution in [0, 0.1) is 12.7 Å². The van der Waals surface area contributed by atoms with Gasteiger partial charge in [0, 0.05) is 5.56 Å². The van der Waals surface area contributed by atoms with Gasteiger partial charge in [-0.3, -0.25) is 0 Å². The van der Waals surface area contributed by atoms with Crippen LogP contribution in [0.2, 0.25) is 0 Å². The van der Waals surface area contributed by atoms with Crippen molar-refractivity contribution in [3.05, 3.63) is 35.1 Å². The predicted molar refractivity (Wildman–Crippen MR) is 62.4 cm³/mol. The van der Waals surface area contributed by atoms with Gasteiger partial charge in [-0.05, 0) is 30.7 Å². The smallest absolute Gasteiger partial charge is 0.345 e. The lowest BCUT2D eigenvalue weighted by atomic mass is 10.0. The molecule has 1 aromatic carbocycles. The summed E-state index contributed by atoms with van der Waals surface area (Å²) in [7, 11) is 1.23. The van der Waals surface area contributed by atoms with Crippen LogP contribution in [0.25, 0.3) is 11.3 Å². The summed E-state index contributed by atoms with van der Waals surface area (Å²) >= 11 is 0. The van der Waals surface area contributed by atoms with Crippen LogP contribution in [0.4, 0.5) is 10.3 Å². The Morgan fingerprint density at radius 3 is 2.83 bits per heavy atom. The van der Waals surface area contributed by atoms with Gasteiger partial charge in [0.1, 0.15) is 11.5 Å². The van der Waals surface area contributed by atoms with Crippen molar-refractivity contribution in [2.75, 3.05) is 12.8 Å². The number of carbonyl (C=O) groups excluding carboxylic acids is 1. The minimum Gasteiger partial charge on any atom is -0.465 e. The SMILES string of the molecule is COC(=O)c1c(-c2ccc(F)c(C)c2)noc1N. The summed E-state index contributed by atoms with van der Waals surface area (Å²) in [4.78, 5) is 11.6. The van der Waals surface area contributed by atoms with Crippen molar-refractivity contribution in [1.82, 2.24) is 5.16 Å². The topological polar surface area (TPSA) is 78.3 Å². The van der Waals surface area contributed by atoms with Crippen LogP contribution in [0.1, 0.15) is 15.9 Å². The van der Waals surface area contributed by atoms with E-state index in [1.54, 1.807) is 13.0 Å². The zero-order valence-electron chi connectivity index (χ0n) is 9.86. The van der Waals surface area contributed by atoms with Crippen LogP contribution in [0.15, 0.2) is 22.7 Å². The summed E-state index contributed by atoms with van der Waals surface area (Å²) in [5, 5.41) is 3.70. The third kappa shape index (κ3) is 1.92. The number of halogens is 1. The van der Waals surface area contributed by atoms with E-state index in [0.29, 0.717) is 11.1 Å². The van der Waals surface area contributed by atoms with Crippen molar-refractivity contribution in [3.8, 4) is 11.3 Å². The van der Waals surface area contributed by atoms with Crippen LogP contribution in [-0.2, 0) is 4.74 Å². The van der Waals surface area contributed by atoms with E-state index in [2.05, 4.69) is 9.89 Å². The molecule has 0 amide bonds. The van der Waals surface area contributed by atoms with Gasteiger partial charge in [-0.2, -0.15) is 0 Å². The first-order valence-electron chi connectivity index (χ1n) is 5.14. The zero-order chi connectivity index (χ0) is 13.3. The molecule has 0 fully saturated rings. The molecular formula is C12H11FN2O3. The molecule has 0 saturated heterocycles. The summed E-state index contributed by atoms with van der Waals surface area (Å²) in [5.41, 5.74) is 6.77. The molecule has 0 unspecified atom stereocenters. The number of esters is 1. The quantitative estimate of drug-likeness (QED) is 0.826. The van der Waals surface area contributed by atoms with Gasteiger partial charge < -0.3 is 15.0 Å². The monoisotopic (exact) mass is 250 g/mol. The summed E-state index contributed by atoms with van der Waals surface area (Å²) in [6.45, 7) is 1.61. The Bertz CT molecular complexity index is 607. The molecule has 0 atom stereocenters. The Morgan fingerprint density at radius 1 is 1.50 bits per heavy atom. The second-order valence-electron chi connectivity index (χ2n) is 3.73. The third-order valence-corrected chi connectivity index (χ3v) is 2.54. The van der Waals surface area contributed by atoms with Gasteiger partial charge in [0.25, 0.3) is 0 Å². The Labute approximate surface area is 102 Å². The number of methoxy groups -OCH3 is 1. The van der Waals surface area contributed by atoms with Gasteiger partial charge in [0.2, 0.25) is 5.88 Å². The van der Waals surface area contributed by atoms with Crippen LogP contribution in [0.3, 0.4) is 0 Å². The highest BCUT2D eigenvalue weighted by molar-refractivity contribution is 6.00. The number of hydrogen-bond acceptors (Lipinski definition) is 5. The number of aryl methyl sites for hydroxylation is 1. The van der Waals surface area contributed by atoms with E-state index in [0.717, 1.165) is 0 Å². The molecule has 1 aromatic heterocycles. The van der Waals surface area contributed by atoms with Gasteiger partial charge in [-0.25, -0.2) is 9.18 Å². The Morgan fingerprint density at radius 2 is 2.22 bits per heavy atom. The predicted octanol–water partition coefficient (Wildman–Crippen LogP) is 2.16. The van der Waals surface area contributed by atoms with Gasteiger partial charge in [-0.1, -0.05) is 5.16 Å². The fraction of sp³-hybridized carbons (Fsp3) is 0.167. The molecule has 6 heteroatoms. The summed E-state index contributed by atoms with van der Waals surface area (Å²) < 4.78 is 22.6. The van der Waals surface area contributed by atoms with E-state index in [-0.39, 0.29) is 23.0 Å². The first kappa shape index (κ1) is 12.1. The van der Waals surface area contributed by atoms with E-state index in [9.17, 15) is 9.18 Å². The van der Waals surface area contributed by atoms with E-state index in [1.807, 2.05) is 0 Å². The van der Waals surface area contributed by atoms with E-state index in [4.69, 9.17) is 10.3 Å². The fourth-order valence-corrected chi connectivity index (χ4v) is 1.59. The van der Waals surface area contributed by atoms with E-state index in [1.165, 1.54) is 19.2 Å². The number of nitrogens with two attached hydrogens (primary N) is 1. The maximum absolute atomic E-state index is 13.2. The summed E-state index contributed by atoms with van der Waals surface area (Å²) in [6, 6.07) is 4.34. The fourth-order valence-electron chi connectivity index (χ4n) is 1.59. The Kier molecular flexibility index (Phi) is 3.01. The minimum absolute atomic E-state index is 0.0449. The van der Waals surface area contributed by atoms with Crippen LogP contribution in [0.5, 0.6) is 0 Å². The highest BCUT2D eigenvalue weighted by atomic mass is 19.1. The minimum atomic E-state index is -0.647. The molecular weight excluding hydrogens is 239 g/mol. The molecule has 0 aliphatic carbocycles. The van der Waals surface area contributed by atoms with Gasteiger partial charge in [0.05, 0.1) is 7.11 Å². The lowest BCUT2D eigenvalue weighted by Gasteiger charge is -2.02. The molecule has 0 spiro atoms. The lowest BCUT2D eigenvalue weighted by molar-refractivity contribution is 0.0602. The normalized spacial score (nSPS) is 10.4. The number of ether oxygens (including phenoxy) is 1. The number of carbonyl (C=O) groups is 1. The zero-order valence-corrected chi connectivity index (χ0v) is 9.86. The molecule has 0 radical (unpaired) electrons. The molecule has 94 valence electrons. The highest BCUT2D eigenvalue weighted by Gasteiger charge is 2.23. The van der Waals surface area contributed by atoms with Crippen molar-refractivity contribution >= 4 is 11.9 Å². The van der Waals surface area contributed by atoms with E-state index >= 15 is 0 Å². The Hall–Kier alpha value is -2.37. The van der Waals surface area contributed by atoms with Gasteiger partial charge in [0.15, 0.2) is 5.56 Å². The van der Waals surface area contributed by atoms with Gasteiger partial charge >= 0.3 is 5.97 Å². The maximum Gasteiger partial charge on any atom is 0.345 e. The number of benzene rings is 1. The van der Waals surface area contributed by atoms with E-state index < -0.39 is 5.97 Å². The average molecular weight is 250 g/mol. The van der Waals surface area contributed by atoms with Crippen molar-refractivity contribution < 1.29 is 18.4 Å². The number of nitrogen functional groups attached to an aromatic ring is 1. The number of rotatable bonds is 2. The number of anilines is 1. The second-order valence-corrected chi connectivity index (χ2v) is 3.73. The molecule has 1 heterocycles. The first-order valence-corrected chi connectivity index (χ1v) is 5.14. The number of nitrogens with zero attached hydrogens (tertiary/aromatic N) is 1. The molecule has 2 aromatic rings. The van der Waals surface area contributed by atoms with Crippen LogP contribution < -0.4 is 5.73 Å². The Balaban J connectivity index is 2.57. The number of aromatic nitrogens is 1. The van der Waals surface area contributed by atoms with Gasteiger partial charge in [-0.15, -0.1) is 0 Å². The molecule has 5 nitrogen and oxygen atoms in total. The lowest BCUT2D eigenvalue weighted by Crippen LogP contribution is -2.05. The molecule has 0 aliphatic rings. The highest BCUT2D eigenvalue weighted by Crippen LogP contribution is 2.28. The molecule has 2 rings (SSSR count). The standard InChI is InChI=1S/C12H11FN2O3/c1-6-5-7(3-4-8(6)13)10-9(12(16)17-2)11(14)18-15-10/h3-5H,14H2,1-2H3.